The lowest BCUT2D eigenvalue weighted by Crippen LogP contribution is -2.49. The number of aliphatic hydroxyl groups is 1. The van der Waals surface area contributed by atoms with Gasteiger partial charge in [0.05, 0.1) is 5.71 Å². The van der Waals surface area contributed by atoms with E-state index in [0.29, 0.717) is 17.9 Å². The summed E-state index contributed by atoms with van der Waals surface area (Å²) >= 11 is 5.93. The van der Waals surface area contributed by atoms with Gasteiger partial charge in [0.15, 0.2) is 12.4 Å². The first-order valence-electron chi connectivity index (χ1n) is 10.5. The fraction of sp³-hybridized carbons (Fsp3) is 0.280. The van der Waals surface area contributed by atoms with Crippen molar-refractivity contribution >= 4 is 28.9 Å². The summed E-state index contributed by atoms with van der Waals surface area (Å²) < 4.78 is 0. The van der Waals surface area contributed by atoms with Gasteiger partial charge in [-0.2, -0.15) is 0 Å². The Hall–Kier alpha value is -2.89. The number of carbonyl (C=O) groups is 1. The second-order valence-electron chi connectivity index (χ2n) is 7.82. The molecule has 0 bridgehead atoms. The van der Waals surface area contributed by atoms with Crippen molar-refractivity contribution in [3.8, 4) is 0 Å². The molecule has 1 aliphatic carbocycles. The lowest BCUT2D eigenvalue weighted by molar-refractivity contribution is -0.122. The largest absolute Gasteiger partial charge is 0.370 e. The van der Waals surface area contributed by atoms with Crippen molar-refractivity contribution in [3.05, 3.63) is 88.5 Å². The highest BCUT2D eigenvalue weighted by atomic mass is 35.5. The van der Waals surface area contributed by atoms with Crippen molar-refractivity contribution in [2.75, 3.05) is 11.9 Å². The maximum absolute atomic E-state index is 12.7. The summed E-state index contributed by atoms with van der Waals surface area (Å²) in [5.74, 6) is -0.154. The van der Waals surface area contributed by atoms with E-state index in [1.54, 1.807) is 4.90 Å². The van der Waals surface area contributed by atoms with Crippen LogP contribution in [0.3, 0.4) is 0 Å². The number of amides is 1. The normalized spacial score (nSPS) is 20.4. The Labute approximate surface area is 187 Å². The van der Waals surface area contributed by atoms with Crippen molar-refractivity contribution in [2.45, 2.75) is 38.1 Å². The van der Waals surface area contributed by atoms with Gasteiger partial charge in [0.2, 0.25) is 5.91 Å². The zero-order chi connectivity index (χ0) is 21.8. The predicted octanol–water partition coefficient (Wildman–Crippen LogP) is 4.25. The third kappa shape index (κ3) is 4.89. The third-order valence-electron chi connectivity index (χ3n) is 5.67. The molecule has 1 amide bonds. The van der Waals surface area contributed by atoms with Crippen LogP contribution in [0, 0.1) is 0 Å². The van der Waals surface area contributed by atoms with Gasteiger partial charge in [0, 0.05) is 29.7 Å². The van der Waals surface area contributed by atoms with Gasteiger partial charge in [-0.25, -0.2) is 0 Å². The number of halogens is 1. The van der Waals surface area contributed by atoms with Crippen LogP contribution in [-0.2, 0) is 11.2 Å². The number of rotatable bonds is 5. The van der Waals surface area contributed by atoms with Gasteiger partial charge < -0.3 is 15.3 Å². The SMILES string of the molecule is CN1c2ccccc2C(C2=CC=CCC2)=N[C@@H](NC(=O)CCc2ccc(Cl)cc2)C1O. The number of benzodiazepines with no additional fused rings is 1. The summed E-state index contributed by atoms with van der Waals surface area (Å²) in [6, 6.07) is 15.4. The molecule has 1 heterocycles. The van der Waals surface area contributed by atoms with Gasteiger partial charge in [-0.05, 0) is 48.6 Å². The van der Waals surface area contributed by atoms with Gasteiger partial charge >= 0.3 is 0 Å². The quantitative estimate of drug-likeness (QED) is 0.737. The summed E-state index contributed by atoms with van der Waals surface area (Å²) in [4.78, 5) is 19.3. The average molecular weight is 436 g/mol. The van der Waals surface area contributed by atoms with Crippen LogP contribution in [0.1, 0.15) is 30.4 Å². The number of nitrogens with zero attached hydrogens (tertiary/aromatic N) is 2. The van der Waals surface area contributed by atoms with Gasteiger partial charge in [-0.1, -0.05) is 60.2 Å². The maximum atomic E-state index is 12.7. The minimum Gasteiger partial charge on any atom is -0.370 e. The van der Waals surface area contributed by atoms with Crippen LogP contribution in [-0.4, -0.2) is 36.2 Å². The van der Waals surface area contributed by atoms with Gasteiger partial charge in [-0.3, -0.25) is 9.79 Å². The molecule has 6 heteroatoms. The Bertz CT molecular complexity index is 1040. The first kappa shape index (κ1) is 21.3. The molecule has 2 atom stereocenters. The number of aliphatic imine (C=N–C) groups is 1. The van der Waals surface area contributed by atoms with E-state index in [1.807, 2.05) is 61.7 Å². The van der Waals surface area contributed by atoms with E-state index < -0.39 is 12.4 Å². The second kappa shape index (κ2) is 9.50. The molecule has 1 unspecified atom stereocenters. The molecule has 0 aromatic heterocycles. The molecule has 5 nitrogen and oxygen atoms in total. The van der Waals surface area contributed by atoms with Crippen molar-refractivity contribution in [2.24, 2.45) is 4.99 Å². The van der Waals surface area contributed by atoms with Gasteiger partial charge in [-0.15, -0.1) is 0 Å². The molecule has 1 aliphatic heterocycles. The van der Waals surface area contributed by atoms with Crippen LogP contribution in [0.2, 0.25) is 5.02 Å². The molecule has 2 aliphatic rings. The van der Waals surface area contributed by atoms with E-state index in [2.05, 4.69) is 17.5 Å². The minimum absolute atomic E-state index is 0.154. The number of fused-ring (bicyclic) bond motifs is 1. The standard InChI is InChI=1S/C25H26ClN3O2/c1-29-21-10-6-5-9-20(21)23(18-7-3-2-4-8-18)28-24(25(29)31)27-22(30)16-13-17-11-14-19(26)15-12-17/h2-3,5-7,9-12,14-15,24-25,31H,4,8,13,16H2,1H3,(H,27,30)/t24-,25?/m1/s1. The molecule has 0 saturated carbocycles. The number of para-hydroxylation sites is 1. The molecule has 2 N–H and O–H groups in total. The molecule has 160 valence electrons. The zero-order valence-corrected chi connectivity index (χ0v) is 18.2. The molecular formula is C25H26ClN3O2. The fourth-order valence-corrected chi connectivity index (χ4v) is 4.05. The Morgan fingerprint density at radius 3 is 2.74 bits per heavy atom. The van der Waals surface area contributed by atoms with Crippen LogP contribution >= 0.6 is 11.6 Å². The average Bonchev–Trinajstić information content (AvgIpc) is 2.90. The Morgan fingerprint density at radius 1 is 1.23 bits per heavy atom. The molecule has 31 heavy (non-hydrogen) atoms. The van der Waals surface area contributed by atoms with E-state index >= 15 is 0 Å². The van der Waals surface area contributed by atoms with E-state index in [-0.39, 0.29) is 5.91 Å². The molecular weight excluding hydrogens is 410 g/mol. The first-order chi connectivity index (χ1) is 15.0. The molecule has 2 aromatic rings. The topological polar surface area (TPSA) is 64.9 Å². The van der Waals surface area contributed by atoms with Crippen molar-refractivity contribution in [1.82, 2.24) is 5.32 Å². The summed E-state index contributed by atoms with van der Waals surface area (Å²) in [6.07, 6.45) is 7.21. The van der Waals surface area contributed by atoms with Gasteiger partial charge in [0.25, 0.3) is 0 Å². The fourth-order valence-electron chi connectivity index (χ4n) is 3.92. The van der Waals surface area contributed by atoms with Crippen LogP contribution in [0.4, 0.5) is 5.69 Å². The highest BCUT2D eigenvalue weighted by Crippen LogP contribution is 2.30. The number of anilines is 1. The van der Waals surface area contributed by atoms with Gasteiger partial charge in [0.1, 0.15) is 0 Å². The number of carbonyl (C=O) groups excluding carboxylic acids is 1. The second-order valence-corrected chi connectivity index (χ2v) is 8.25. The monoisotopic (exact) mass is 435 g/mol. The van der Waals surface area contributed by atoms with E-state index in [0.717, 1.165) is 40.9 Å². The number of aliphatic hydroxyl groups excluding tert-OH is 1. The predicted molar refractivity (Wildman–Crippen MR) is 126 cm³/mol. The third-order valence-corrected chi connectivity index (χ3v) is 5.92. The number of aryl methyl sites for hydroxylation is 1. The zero-order valence-electron chi connectivity index (χ0n) is 17.5. The number of benzene rings is 2. The van der Waals surface area contributed by atoms with E-state index in [1.165, 1.54) is 0 Å². The van der Waals surface area contributed by atoms with E-state index in [4.69, 9.17) is 16.6 Å². The molecule has 0 radical (unpaired) electrons. The van der Waals surface area contributed by atoms with Crippen LogP contribution in [0.15, 0.2) is 77.3 Å². The number of hydrogen-bond acceptors (Lipinski definition) is 4. The Balaban J connectivity index is 1.57. The smallest absolute Gasteiger partial charge is 0.222 e. The first-order valence-corrected chi connectivity index (χ1v) is 10.9. The maximum Gasteiger partial charge on any atom is 0.222 e. The number of likely N-dealkylation sites (N-methyl/N-ethyl adjacent to an activating group) is 1. The Morgan fingerprint density at radius 2 is 2.00 bits per heavy atom. The lowest BCUT2D eigenvalue weighted by atomic mass is 9.94. The summed E-state index contributed by atoms with van der Waals surface area (Å²) in [7, 11) is 1.82. The highest BCUT2D eigenvalue weighted by molar-refractivity contribution is 6.30. The van der Waals surface area contributed by atoms with Crippen LogP contribution in [0.25, 0.3) is 0 Å². The number of hydrogen-bond donors (Lipinski definition) is 2. The lowest BCUT2D eigenvalue weighted by Gasteiger charge is -2.29. The van der Waals surface area contributed by atoms with Crippen LogP contribution < -0.4 is 10.2 Å². The molecule has 0 saturated heterocycles. The molecule has 4 rings (SSSR count). The number of allylic oxidation sites excluding steroid dienone is 4. The van der Waals surface area contributed by atoms with Crippen LogP contribution in [0.5, 0.6) is 0 Å². The summed E-state index contributed by atoms with van der Waals surface area (Å²) in [6.45, 7) is 0. The number of nitrogens with one attached hydrogen (secondary N) is 1. The molecule has 0 fully saturated rings. The summed E-state index contributed by atoms with van der Waals surface area (Å²) in [5.41, 5.74) is 4.82. The highest BCUT2D eigenvalue weighted by Gasteiger charge is 2.31. The minimum atomic E-state index is -0.974. The van der Waals surface area contributed by atoms with Crippen molar-refractivity contribution < 1.29 is 9.90 Å². The summed E-state index contributed by atoms with van der Waals surface area (Å²) in [5, 5.41) is 14.6. The van der Waals surface area contributed by atoms with Crippen molar-refractivity contribution in [3.63, 3.8) is 0 Å². The molecule has 2 aromatic carbocycles. The molecule has 0 spiro atoms. The van der Waals surface area contributed by atoms with Crippen molar-refractivity contribution in [1.29, 1.82) is 0 Å². The van der Waals surface area contributed by atoms with E-state index in [9.17, 15) is 9.90 Å². The Kier molecular flexibility index (Phi) is 6.54.